The van der Waals surface area contributed by atoms with Crippen molar-refractivity contribution in [1.29, 1.82) is 0 Å². The van der Waals surface area contributed by atoms with Crippen LogP contribution in [-0.4, -0.2) is 16.9 Å². The summed E-state index contributed by atoms with van der Waals surface area (Å²) in [5.41, 5.74) is 1.04. The number of anilines is 1. The van der Waals surface area contributed by atoms with Crippen LogP contribution >= 0.6 is 22.9 Å². The lowest BCUT2D eigenvalue weighted by atomic mass is 10.3. The van der Waals surface area contributed by atoms with Crippen molar-refractivity contribution in [3.8, 4) is 0 Å². The average Bonchev–Trinajstić information content (AvgIpc) is 2.59. The number of alkyl halides is 1. The fraction of sp³-hybridized carbons (Fsp3) is 0.300. The second kappa shape index (κ2) is 4.15. The van der Waals surface area contributed by atoms with Crippen molar-refractivity contribution in [3.05, 3.63) is 24.3 Å². The molecule has 0 aliphatic heterocycles. The van der Waals surface area contributed by atoms with Crippen LogP contribution in [0.25, 0.3) is 10.2 Å². The minimum Gasteiger partial charge on any atom is -0.358 e. The number of rotatable bonds is 3. The van der Waals surface area contributed by atoms with E-state index in [1.807, 2.05) is 25.1 Å². The Morgan fingerprint density at radius 2 is 2.29 bits per heavy atom. The Kier molecular flexibility index (Phi) is 2.89. The Hall–Kier alpha value is -0.800. The predicted molar refractivity (Wildman–Crippen MR) is 63.4 cm³/mol. The van der Waals surface area contributed by atoms with Crippen molar-refractivity contribution in [2.24, 2.45) is 0 Å². The van der Waals surface area contributed by atoms with Gasteiger partial charge in [-0.1, -0.05) is 23.5 Å². The smallest absolute Gasteiger partial charge is 0.184 e. The van der Waals surface area contributed by atoms with E-state index in [-0.39, 0.29) is 6.04 Å². The lowest BCUT2D eigenvalue weighted by Crippen LogP contribution is -2.16. The summed E-state index contributed by atoms with van der Waals surface area (Å²) in [5.74, 6) is 0.593. The Bertz CT molecular complexity index is 394. The molecule has 0 fully saturated rings. The van der Waals surface area contributed by atoms with Crippen molar-refractivity contribution >= 4 is 38.3 Å². The molecule has 0 radical (unpaired) electrons. The fourth-order valence-corrected chi connectivity index (χ4v) is 2.24. The molecule has 0 spiro atoms. The summed E-state index contributed by atoms with van der Waals surface area (Å²) in [6, 6.07) is 8.37. The number of benzene rings is 1. The van der Waals surface area contributed by atoms with Gasteiger partial charge in [-0.2, -0.15) is 0 Å². The molecule has 1 aromatic carbocycles. The van der Waals surface area contributed by atoms with Crippen LogP contribution in [0.1, 0.15) is 6.92 Å². The number of halogens is 1. The molecule has 14 heavy (non-hydrogen) atoms. The predicted octanol–water partition coefficient (Wildman–Crippen LogP) is 3.34. The first-order valence-corrected chi connectivity index (χ1v) is 5.83. The van der Waals surface area contributed by atoms with E-state index in [1.54, 1.807) is 11.3 Å². The van der Waals surface area contributed by atoms with Gasteiger partial charge in [-0.05, 0) is 19.1 Å². The maximum absolute atomic E-state index is 5.71. The summed E-state index contributed by atoms with van der Waals surface area (Å²) in [7, 11) is 0. The minimum absolute atomic E-state index is 0.261. The summed E-state index contributed by atoms with van der Waals surface area (Å²) in [6.45, 7) is 2.04. The van der Waals surface area contributed by atoms with Gasteiger partial charge in [-0.25, -0.2) is 4.98 Å². The molecule has 1 atom stereocenters. The highest BCUT2D eigenvalue weighted by Crippen LogP contribution is 2.25. The second-order valence-electron chi connectivity index (χ2n) is 3.19. The van der Waals surface area contributed by atoms with Crippen molar-refractivity contribution < 1.29 is 0 Å². The molecular weight excluding hydrogens is 216 g/mol. The van der Waals surface area contributed by atoms with E-state index < -0.39 is 0 Å². The molecule has 1 N–H and O–H groups in total. The monoisotopic (exact) mass is 226 g/mol. The molecule has 1 heterocycles. The summed E-state index contributed by atoms with van der Waals surface area (Å²) >= 11 is 7.38. The third kappa shape index (κ3) is 1.99. The highest BCUT2D eigenvalue weighted by atomic mass is 35.5. The van der Waals surface area contributed by atoms with Gasteiger partial charge in [0.15, 0.2) is 5.13 Å². The standard InChI is InChI=1S/C10H11ClN2S/c1-7(6-11)12-10-13-8-4-2-3-5-9(8)14-10/h2-5,7H,6H2,1H3,(H,12,13). The van der Waals surface area contributed by atoms with Crippen molar-refractivity contribution in [3.63, 3.8) is 0 Å². The van der Waals surface area contributed by atoms with Gasteiger partial charge in [0.1, 0.15) is 0 Å². The quantitative estimate of drug-likeness (QED) is 0.813. The molecule has 0 aliphatic carbocycles. The normalized spacial score (nSPS) is 13.0. The van der Waals surface area contributed by atoms with Crippen molar-refractivity contribution in [2.75, 3.05) is 11.2 Å². The third-order valence-corrected chi connectivity index (χ3v) is 3.33. The van der Waals surface area contributed by atoms with E-state index in [0.717, 1.165) is 10.6 Å². The number of hydrogen-bond acceptors (Lipinski definition) is 3. The number of para-hydroxylation sites is 1. The highest BCUT2D eigenvalue weighted by molar-refractivity contribution is 7.22. The summed E-state index contributed by atoms with van der Waals surface area (Å²) in [4.78, 5) is 4.45. The van der Waals surface area contributed by atoms with E-state index in [9.17, 15) is 0 Å². The van der Waals surface area contributed by atoms with E-state index in [0.29, 0.717) is 5.88 Å². The van der Waals surface area contributed by atoms with Gasteiger partial charge in [0, 0.05) is 11.9 Å². The van der Waals surface area contributed by atoms with Crippen LogP contribution in [0.4, 0.5) is 5.13 Å². The van der Waals surface area contributed by atoms with Crippen LogP contribution in [-0.2, 0) is 0 Å². The van der Waals surface area contributed by atoms with Gasteiger partial charge in [0.25, 0.3) is 0 Å². The van der Waals surface area contributed by atoms with Gasteiger partial charge in [0.05, 0.1) is 10.2 Å². The summed E-state index contributed by atoms with van der Waals surface area (Å²) < 4.78 is 1.21. The molecule has 0 aliphatic rings. The molecule has 1 aromatic heterocycles. The first kappa shape index (κ1) is 9.74. The molecule has 2 rings (SSSR count). The maximum atomic E-state index is 5.71. The zero-order valence-electron chi connectivity index (χ0n) is 7.83. The minimum atomic E-state index is 0.261. The van der Waals surface area contributed by atoms with Gasteiger partial charge in [0.2, 0.25) is 0 Å². The maximum Gasteiger partial charge on any atom is 0.184 e. The molecule has 4 heteroatoms. The van der Waals surface area contributed by atoms with Crippen molar-refractivity contribution in [1.82, 2.24) is 4.98 Å². The first-order valence-electron chi connectivity index (χ1n) is 4.47. The second-order valence-corrected chi connectivity index (χ2v) is 4.53. The molecule has 1 unspecified atom stereocenters. The summed E-state index contributed by atoms with van der Waals surface area (Å²) in [6.07, 6.45) is 0. The van der Waals surface area contributed by atoms with Crippen LogP contribution in [0, 0.1) is 0 Å². The Labute approximate surface area is 91.9 Å². The largest absolute Gasteiger partial charge is 0.358 e. The number of fused-ring (bicyclic) bond motifs is 1. The molecule has 0 saturated heterocycles. The van der Waals surface area contributed by atoms with Gasteiger partial charge < -0.3 is 5.32 Å². The highest BCUT2D eigenvalue weighted by Gasteiger charge is 2.05. The molecule has 74 valence electrons. The molecule has 0 bridgehead atoms. The van der Waals surface area contributed by atoms with Crippen molar-refractivity contribution in [2.45, 2.75) is 13.0 Å². The van der Waals surface area contributed by atoms with E-state index in [2.05, 4.69) is 16.4 Å². The third-order valence-electron chi connectivity index (χ3n) is 1.90. The number of nitrogens with zero attached hydrogens (tertiary/aromatic N) is 1. The number of hydrogen-bond donors (Lipinski definition) is 1. The molecule has 2 nitrogen and oxygen atoms in total. The molecular formula is C10H11ClN2S. The number of thiazole rings is 1. The lowest BCUT2D eigenvalue weighted by molar-refractivity contribution is 0.905. The van der Waals surface area contributed by atoms with Crippen LogP contribution in [0.15, 0.2) is 24.3 Å². The van der Waals surface area contributed by atoms with Crippen LogP contribution in [0.3, 0.4) is 0 Å². The van der Waals surface area contributed by atoms with Crippen LogP contribution < -0.4 is 5.32 Å². The van der Waals surface area contributed by atoms with Gasteiger partial charge in [-0.3, -0.25) is 0 Å². The van der Waals surface area contributed by atoms with Crippen LogP contribution in [0.2, 0.25) is 0 Å². The van der Waals surface area contributed by atoms with E-state index in [1.165, 1.54) is 4.70 Å². The van der Waals surface area contributed by atoms with E-state index in [4.69, 9.17) is 11.6 Å². The van der Waals surface area contributed by atoms with Gasteiger partial charge in [-0.15, -0.1) is 11.6 Å². The lowest BCUT2D eigenvalue weighted by Gasteiger charge is -2.07. The van der Waals surface area contributed by atoms with Crippen LogP contribution in [0.5, 0.6) is 0 Å². The summed E-state index contributed by atoms with van der Waals surface area (Å²) in [5, 5.41) is 4.20. The Morgan fingerprint density at radius 1 is 1.50 bits per heavy atom. The Balaban J connectivity index is 2.27. The number of aromatic nitrogens is 1. The number of nitrogens with one attached hydrogen (secondary N) is 1. The first-order chi connectivity index (χ1) is 6.79. The average molecular weight is 227 g/mol. The molecule has 2 aromatic rings. The van der Waals surface area contributed by atoms with E-state index >= 15 is 0 Å². The molecule has 0 saturated carbocycles. The zero-order chi connectivity index (χ0) is 9.97. The van der Waals surface area contributed by atoms with Gasteiger partial charge >= 0.3 is 0 Å². The SMILES string of the molecule is CC(CCl)Nc1nc2ccccc2s1. The Morgan fingerprint density at radius 3 is 3.00 bits per heavy atom. The molecule has 0 amide bonds. The topological polar surface area (TPSA) is 24.9 Å². The zero-order valence-corrected chi connectivity index (χ0v) is 9.40. The fourth-order valence-electron chi connectivity index (χ4n) is 1.18.